The molecular weight excluding hydrogens is 253 g/mol. The van der Waals surface area contributed by atoms with E-state index in [-0.39, 0.29) is 5.56 Å². The Morgan fingerprint density at radius 2 is 1.83 bits per heavy atom. The molecule has 0 aromatic heterocycles. The summed E-state index contributed by atoms with van der Waals surface area (Å²) in [6.45, 7) is 1.80. The Morgan fingerprint density at radius 1 is 1.17 bits per heavy atom. The maximum absolute atomic E-state index is 13.5. The monoisotopic (exact) mass is 263 g/mol. The molecule has 0 atom stereocenters. The third kappa shape index (κ3) is 2.87. The van der Waals surface area contributed by atoms with Crippen LogP contribution in [-0.4, -0.2) is 5.91 Å². The number of rotatable bonds is 2. The third-order valence-electron chi connectivity index (χ3n) is 2.47. The Morgan fingerprint density at radius 3 is 2.50 bits per heavy atom. The maximum atomic E-state index is 13.5. The molecule has 0 aliphatic rings. The van der Waals surface area contributed by atoms with Crippen LogP contribution in [0.5, 0.6) is 0 Å². The van der Waals surface area contributed by atoms with Gasteiger partial charge in [-0.1, -0.05) is 23.2 Å². The van der Waals surface area contributed by atoms with Crippen molar-refractivity contribution in [2.45, 2.75) is 6.92 Å². The largest absolute Gasteiger partial charge is 0.322 e. The third-order valence-corrected chi connectivity index (χ3v) is 2.72. The zero-order chi connectivity index (χ0) is 13.1. The van der Waals surface area contributed by atoms with Gasteiger partial charge in [0.1, 0.15) is 5.82 Å². The summed E-state index contributed by atoms with van der Waals surface area (Å²) in [6.07, 6.45) is 0. The molecule has 0 unspecified atom stereocenters. The minimum atomic E-state index is -0.535. The van der Waals surface area contributed by atoms with Crippen LogP contribution < -0.4 is 5.32 Å². The second-order valence-electron chi connectivity index (χ2n) is 3.94. The van der Waals surface area contributed by atoms with Crippen molar-refractivity contribution >= 4 is 23.2 Å². The predicted molar refractivity (Wildman–Crippen MR) is 70.5 cm³/mol. The van der Waals surface area contributed by atoms with E-state index in [4.69, 9.17) is 11.6 Å². The highest BCUT2D eigenvalue weighted by molar-refractivity contribution is 6.30. The normalized spacial score (nSPS) is 10.2. The van der Waals surface area contributed by atoms with Crippen LogP contribution in [0.1, 0.15) is 15.9 Å². The van der Waals surface area contributed by atoms with E-state index < -0.39 is 11.7 Å². The molecule has 0 radical (unpaired) electrons. The van der Waals surface area contributed by atoms with Gasteiger partial charge in [0.05, 0.1) is 5.56 Å². The Hall–Kier alpha value is -1.87. The first kappa shape index (κ1) is 12.6. The summed E-state index contributed by atoms with van der Waals surface area (Å²) in [6, 6.07) is 11.1. The molecule has 0 saturated carbocycles. The van der Waals surface area contributed by atoms with Gasteiger partial charge in [-0.15, -0.1) is 0 Å². The summed E-state index contributed by atoms with van der Waals surface area (Å²) in [5.74, 6) is -1.01. The van der Waals surface area contributed by atoms with Crippen molar-refractivity contribution in [3.8, 4) is 0 Å². The van der Waals surface area contributed by atoms with Crippen LogP contribution >= 0.6 is 11.6 Å². The first-order valence-corrected chi connectivity index (χ1v) is 5.77. The fourth-order valence-corrected chi connectivity index (χ4v) is 1.67. The van der Waals surface area contributed by atoms with E-state index in [1.807, 2.05) is 0 Å². The van der Waals surface area contributed by atoms with E-state index in [2.05, 4.69) is 5.32 Å². The molecule has 1 N–H and O–H groups in total. The summed E-state index contributed by atoms with van der Waals surface area (Å²) in [5, 5.41) is 3.19. The van der Waals surface area contributed by atoms with Gasteiger partial charge < -0.3 is 5.32 Å². The number of nitrogens with one attached hydrogen (secondary N) is 1. The number of carbonyl (C=O) groups is 1. The molecule has 92 valence electrons. The van der Waals surface area contributed by atoms with Crippen LogP contribution in [0.4, 0.5) is 10.1 Å². The lowest BCUT2D eigenvalue weighted by atomic mass is 10.1. The molecule has 0 heterocycles. The topological polar surface area (TPSA) is 29.1 Å². The van der Waals surface area contributed by atoms with Crippen LogP contribution in [0.2, 0.25) is 5.02 Å². The number of carbonyl (C=O) groups excluding carboxylic acids is 1. The number of anilines is 1. The van der Waals surface area contributed by atoms with Crippen molar-refractivity contribution in [3.63, 3.8) is 0 Å². The van der Waals surface area contributed by atoms with Gasteiger partial charge in [-0.2, -0.15) is 0 Å². The van der Waals surface area contributed by atoms with E-state index in [9.17, 15) is 9.18 Å². The van der Waals surface area contributed by atoms with Crippen molar-refractivity contribution in [2.75, 3.05) is 5.32 Å². The average molecular weight is 264 g/mol. The van der Waals surface area contributed by atoms with Crippen LogP contribution in [0.25, 0.3) is 0 Å². The van der Waals surface area contributed by atoms with E-state index in [1.165, 1.54) is 12.1 Å². The Kier molecular flexibility index (Phi) is 3.63. The number of aryl methyl sites for hydroxylation is 1. The summed E-state index contributed by atoms with van der Waals surface area (Å²) < 4.78 is 13.5. The van der Waals surface area contributed by atoms with Crippen LogP contribution in [-0.2, 0) is 0 Å². The van der Waals surface area contributed by atoms with Gasteiger partial charge in [0.25, 0.3) is 5.91 Å². The average Bonchev–Trinajstić information content (AvgIpc) is 2.35. The van der Waals surface area contributed by atoms with Crippen molar-refractivity contribution in [2.24, 2.45) is 0 Å². The van der Waals surface area contributed by atoms with Gasteiger partial charge in [-0.25, -0.2) is 4.39 Å². The maximum Gasteiger partial charge on any atom is 0.258 e. The zero-order valence-corrected chi connectivity index (χ0v) is 10.5. The number of hydrogen-bond donors (Lipinski definition) is 1. The molecule has 0 spiro atoms. The lowest BCUT2D eigenvalue weighted by Gasteiger charge is -2.07. The lowest BCUT2D eigenvalue weighted by Crippen LogP contribution is -2.13. The summed E-state index contributed by atoms with van der Waals surface area (Å²) in [7, 11) is 0. The highest BCUT2D eigenvalue weighted by Gasteiger charge is 2.11. The molecule has 0 bridgehead atoms. The van der Waals surface area contributed by atoms with Gasteiger partial charge in [0, 0.05) is 10.7 Å². The van der Waals surface area contributed by atoms with Crippen LogP contribution in [0, 0.1) is 12.7 Å². The molecule has 0 aliphatic heterocycles. The molecule has 0 fully saturated rings. The molecule has 18 heavy (non-hydrogen) atoms. The van der Waals surface area contributed by atoms with Crippen molar-refractivity contribution < 1.29 is 9.18 Å². The highest BCUT2D eigenvalue weighted by atomic mass is 35.5. The fourth-order valence-electron chi connectivity index (χ4n) is 1.54. The summed E-state index contributed by atoms with van der Waals surface area (Å²) in [4.78, 5) is 11.9. The minimum absolute atomic E-state index is 0.0324. The fraction of sp³-hybridized carbons (Fsp3) is 0.0714. The van der Waals surface area contributed by atoms with Gasteiger partial charge in [0.2, 0.25) is 0 Å². The predicted octanol–water partition coefficient (Wildman–Crippen LogP) is 4.04. The van der Waals surface area contributed by atoms with E-state index >= 15 is 0 Å². The number of amides is 1. The molecular formula is C14H11ClFNO. The number of halogens is 2. The molecule has 2 rings (SSSR count). The second kappa shape index (κ2) is 5.19. The second-order valence-corrected chi connectivity index (χ2v) is 4.38. The van der Waals surface area contributed by atoms with Gasteiger partial charge >= 0.3 is 0 Å². The van der Waals surface area contributed by atoms with E-state index in [0.29, 0.717) is 10.7 Å². The van der Waals surface area contributed by atoms with Gasteiger partial charge in [0.15, 0.2) is 0 Å². The van der Waals surface area contributed by atoms with Gasteiger partial charge in [-0.3, -0.25) is 4.79 Å². The molecule has 2 aromatic carbocycles. The summed E-state index contributed by atoms with van der Waals surface area (Å²) >= 11 is 5.74. The Balaban J connectivity index is 2.21. The smallest absolute Gasteiger partial charge is 0.258 e. The minimum Gasteiger partial charge on any atom is -0.322 e. The lowest BCUT2D eigenvalue weighted by molar-refractivity contribution is 0.102. The molecule has 0 aliphatic carbocycles. The Bertz CT molecular complexity index is 581. The molecule has 2 nitrogen and oxygen atoms in total. The van der Waals surface area contributed by atoms with E-state index in [0.717, 1.165) is 5.56 Å². The van der Waals surface area contributed by atoms with Crippen molar-refractivity contribution in [3.05, 3.63) is 64.4 Å². The van der Waals surface area contributed by atoms with Crippen molar-refractivity contribution in [1.29, 1.82) is 0 Å². The molecule has 0 saturated heterocycles. The molecule has 2 aromatic rings. The molecule has 1 amide bonds. The zero-order valence-electron chi connectivity index (χ0n) is 9.71. The summed E-state index contributed by atoms with van der Waals surface area (Å²) in [5.41, 5.74) is 1.44. The molecule has 4 heteroatoms. The van der Waals surface area contributed by atoms with E-state index in [1.54, 1.807) is 37.3 Å². The quantitative estimate of drug-likeness (QED) is 0.870. The first-order valence-electron chi connectivity index (χ1n) is 5.39. The van der Waals surface area contributed by atoms with Crippen LogP contribution in [0.15, 0.2) is 42.5 Å². The number of hydrogen-bond acceptors (Lipinski definition) is 1. The Labute approximate surface area is 109 Å². The SMILES string of the molecule is Cc1ccc(F)c(C(=O)Nc2ccc(Cl)cc2)c1. The standard InChI is InChI=1S/C14H11ClFNO/c1-9-2-7-13(16)12(8-9)14(18)17-11-5-3-10(15)4-6-11/h2-8H,1H3,(H,17,18). The highest BCUT2D eigenvalue weighted by Crippen LogP contribution is 2.16. The number of benzene rings is 2. The van der Waals surface area contributed by atoms with Gasteiger partial charge in [-0.05, 0) is 43.3 Å². The first-order chi connectivity index (χ1) is 8.56. The van der Waals surface area contributed by atoms with Crippen LogP contribution in [0.3, 0.4) is 0 Å². The van der Waals surface area contributed by atoms with Crippen molar-refractivity contribution in [1.82, 2.24) is 0 Å².